The van der Waals surface area contributed by atoms with Crippen LogP contribution < -0.4 is 5.32 Å². The highest BCUT2D eigenvalue weighted by molar-refractivity contribution is 5.50. The summed E-state index contributed by atoms with van der Waals surface area (Å²) in [4.78, 5) is 4.28. The van der Waals surface area contributed by atoms with E-state index in [1.165, 1.54) is 16.8 Å². The molecule has 0 bridgehead atoms. The van der Waals surface area contributed by atoms with Crippen LogP contribution in [0.25, 0.3) is 0 Å². The summed E-state index contributed by atoms with van der Waals surface area (Å²) in [5.41, 5.74) is 4.19. The maximum Gasteiger partial charge on any atom is 0.0832 e. The zero-order chi connectivity index (χ0) is 13.7. The number of nitrogens with one attached hydrogen (secondary N) is 1. The average molecular weight is 246 g/mol. The molecule has 3 atom stereocenters. The molecular weight excluding hydrogens is 220 g/mol. The van der Waals surface area contributed by atoms with E-state index in [1.54, 1.807) is 0 Å². The number of aliphatic imine (C=N–C) groups is 1. The van der Waals surface area contributed by atoms with E-state index in [4.69, 9.17) is 0 Å². The minimum absolute atomic E-state index is 0.271. The summed E-state index contributed by atoms with van der Waals surface area (Å²) in [5, 5.41) is 3.37. The Hall–Kier alpha value is -1.31. The van der Waals surface area contributed by atoms with Crippen LogP contribution in [0.2, 0.25) is 0 Å². The highest BCUT2D eigenvalue weighted by Gasteiger charge is 2.47. The summed E-state index contributed by atoms with van der Waals surface area (Å²) in [5.74, 6) is 1.00. The first-order valence-corrected chi connectivity index (χ1v) is 6.85. The van der Waals surface area contributed by atoms with Gasteiger partial charge in [0.05, 0.1) is 6.04 Å². The Morgan fingerprint density at radius 3 is 2.56 bits per heavy atom. The largest absolute Gasteiger partial charge is 0.391 e. The van der Waals surface area contributed by atoms with Crippen LogP contribution in [0.3, 0.4) is 0 Å². The van der Waals surface area contributed by atoms with Gasteiger partial charge in [0, 0.05) is 18.7 Å². The second kappa shape index (κ2) is 6.58. The highest BCUT2D eigenvalue weighted by atomic mass is 14.9. The van der Waals surface area contributed by atoms with Gasteiger partial charge >= 0.3 is 0 Å². The van der Waals surface area contributed by atoms with Gasteiger partial charge in [-0.3, -0.25) is 4.99 Å². The van der Waals surface area contributed by atoms with Crippen LogP contribution in [0.4, 0.5) is 0 Å². The third-order valence-corrected chi connectivity index (χ3v) is 3.88. The molecule has 1 N–H and O–H groups in total. The van der Waals surface area contributed by atoms with Gasteiger partial charge in [0.25, 0.3) is 0 Å². The standard InChI is InChI=1S/C16H26N2/c1-7-10-12(9-3)13-14(16(13)18-6)15(17-5)11(4)8-2/h7,10-11,13,16-17H,1,6,8-9H2,2-5H3/b12-10+,15-14+. The number of allylic oxidation sites excluding steroid dienone is 3. The molecule has 18 heavy (non-hydrogen) atoms. The van der Waals surface area contributed by atoms with Gasteiger partial charge in [0.1, 0.15) is 0 Å². The Balaban J connectivity index is 3.09. The van der Waals surface area contributed by atoms with Crippen LogP contribution in [0.5, 0.6) is 0 Å². The molecule has 0 heterocycles. The molecule has 0 spiro atoms. The van der Waals surface area contributed by atoms with Gasteiger partial charge in [-0.15, -0.1) is 0 Å². The first kappa shape index (κ1) is 14.7. The van der Waals surface area contributed by atoms with Crippen LogP contribution in [0.15, 0.2) is 40.6 Å². The molecule has 1 saturated carbocycles. The van der Waals surface area contributed by atoms with Gasteiger partial charge in [-0.25, -0.2) is 0 Å². The maximum absolute atomic E-state index is 4.28. The second-order valence-corrected chi connectivity index (χ2v) is 4.86. The van der Waals surface area contributed by atoms with E-state index in [9.17, 15) is 0 Å². The first-order chi connectivity index (χ1) is 8.65. The minimum atomic E-state index is 0.271. The van der Waals surface area contributed by atoms with Crippen molar-refractivity contribution in [2.24, 2.45) is 16.8 Å². The molecule has 0 amide bonds. The van der Waals surface area contributed by atoms with E-state index in [0.717, 1.165) is 12.8 Å². The zero-order valence-corrected chi connectivity index (χ0v) is 12.2. The summed E-state index contributed by atoms with van der Waals surface area (Å²) in [6.07, 6.45) is 6.18. The van der Waals surface area contributed by atoms with E-state index < -0.39 is 0 Å². The van der Waals surface area contributed by atoms with Crippen LogP contribution >= 0.6 is 0 Å². The fourth-order valence-electron chi connectivity index (χ4n) is 2.65. The molecule has 100 valence electrons. The van der Waals surface area contributed by atoms with E-state index in [0.29, 0.717) is 11.8 Å². The average Bonchev–Trinajstić information content (AvgIpc) is 3.10. The van der Waals surface area contributed by atoms with Crippen molar-refractivity contribution in [1.29, 1.82) is 0 Å². The molecule has 1 aliphatic rings. The lowest BCUT2D eigenvalue weighted by molar-refractivity contribution is 0.607. The first-order valence-electron chi connectivity index (χ1n) is 6.85. The molecule has 0 aromatic rings. The Morgan fingerprint density at radius 1 is 1.50 bits per heavy atom. The molecule has 1 rings (SSSR count). The van der Waals surface area contributed by atoms with Crippen molar-refractivity contribution in [2.75, 3.05) is 7.05 Å². The number of nitrogens with zero attached hydrogens (tertiary/aromatic N) is 1. The van der Waals surface area contributed by atoms with Crippen LogP contribution in [0.1, 0.15) is 33.6 Å². The second-order valence-electron chi connectivity index (χ2n) is 4.86. The molecule has 0 saturated heterocycles. The molecule has 2 nitrogen and oxygen atoms in total. The van der Waals surface area contributed by atoms with E-state index >= 15 is 0 Å². The monoisotopic (exact) mass is 246 g/mol. The quantitative estimate of drug-likeness (QED) is 0.537. The van der Waals surface area contributed by atoms with Crippen LogP contribution in [0, 0.1) is 11.8 Å². The van der Waals surface area contributed by atoms with Crippen LogP contribution in [-0.2, 0) is 0 Å². The van der Waals surface area contributed by atoms with Crippen LogP contribution in [-0.4, -0.2) is 19.8 Å². The molecule has 3 unspecified atom stereocenters. The molecule has 1 aliphatic carbocycles. The summed E-state index contributed by atoms with van der Waals surface area (Å²) in [6, 6.07) is 0.271. The third kappa shape index (κ3) is 2.74. The van der Waals surface area contributed by atoms with Crippen molar-refractivity contribution >= 4 is 6.72 Å². The summed E-state index contributed by atoms with van der Waals surface area (Å²) in [6.45, 7) is 14.2. The van der Waals surface area contributed by atoms with Crippen molar-refractivity contribution in [3.63, 3.8) is 0 Å². The van der Waals surface area contributed by atoms with Gasteiger partial charge in [-0.05, 0) is 31.1 Å². The maximum atomic E-state index is 4.28. The molecule has 0 aromatic heterocycles. The molecule has 0 aliphatic heterocycles. The Kier molecular flexibility index (Phi) is 5.39. The van der Waals surface area contributed by atoms with Crippen molar-refractivity contribution < 1.29 is 0 Å². The number of rotatable bonds is 7. The van der Waals surface area contributed by atoms with E-state index in [2.05, 4.69) is 50.5 Å². The van der Waals surface area contributed by atoms with Gasteiger partial charge in [0.2, 0.25) is 0 Å². The fourth-order valence-corrected chi connectivity index (χ4v) is 2.65. The lowest BCUT2D eigenvalue weighted by atomic mass is 10.0. The predicted octanol–water partition coefficient (Wildman–Crippen LogP) is 3.73. The summed E-state index contributed by atoms with van der Waals surface area (Å²) >= 11 is 0. The van der Waals surface area contributed by atoms with Gasteiger partial charge in [0.15, 0.2) is 0 Å². The smallest absolute Gasteiger partial charge is 0.0832 e. The zero-order valence-electron chi connectivity index (χ0n) is 12.2. The van der Waals surface area contributed by atoms with Gasteiger partial charge in [-0.2, -0.15) is 0 Å². The van der Waals surface area contributed by atoms with Crippen molar-refractivity contribution in [1.82, 2.24) is 5.32 Å². The van der Waals surface area contributed by atoms with Crippen molar-refractivity contribution in [2.45, 2.75) is 39.7 Å². The molecule has 0 aromatic carbocycles. The minimum Gasteiger partial charge on any atom is -0.391 e. The molecular formula is C16H26N2. The van der Waals surface area contributed by atoms with Gasteiger partial charge in [-0.1, -0.05) is 45.1 Å². The predicted molar refractivity (Wildman–Crippen MR) is 80.9 cm³/mol. The molecule has 2 heteroatoms. The Bertz CT molecular complexity index is 377. The number of hydrogen-bond acceptors (Lipinski definition) is 2. The topological polar surface area (TPSA) is 24.4 Å². The van der Waals surface area contributed by atoms with Crippen molar-refractivity contribution in [3.8, 4) is 0 Å². The Morgan fingerprint density at radius 2 is 2.17 bits per heavy atom. The fraction of sp³-hybridized carbons (Fsp3) is 0.562. The third-order valence-electron chi connectivity index (χ3n) is 3.88. The number of hydrogen-bond donors (Lipinski definition) is 1. The lowest BCUT2D eigenvalue weighted by Gasteiger charge is -2.13. The summed E-state index contributed by atoms with van der Waals surface area (Å²) < 4.78 is 0. The summed E-state index contributed by atoms with van der Waals surface area (Å²) in [7, 11) is 2.01. The van der Waals surface area contributed by atoms with Gasteiger partial charge < -0.3 is 5.32 Å². The van der Waals surface area contributed by atoms with E-state index in [-0.39, 0.29) is 6.04 Å². The van der Waals surface area contributed by atoms with E-state index in [1.807, 2.05) is 13.1 Å². The molecule has 0 radical (unpaired) electrons. The SMILES string of the molecule is C=C/C=C(\CC)C1/C(=C(\NC)C(C)CC)C1N=C. The lowest BCUT2D eigenvalue weighted by Crippen LogP contribution is -2.14. The highest BCUT2D eigenvalue weighted by Crippen LogP contribution is 2.50. The normalized spacial score (nSPS) is 27.4. The Labute approximate surface area is 112 Å². The molecule has 1 fully saturated rings. The van der Waals surface area contributed by atoms with Crippen molar-refractivity contribution in [3.05, 3.63) is 35.6 Å².